The maximum Gasteiger partial charge on any atom is 0.226 e. The van der Waals surface area contributed by atoms with Crippen molar-refractivity contribution >= 4 is 11.7 Å². The lowest BCUT2D eigenvalue weighted by atomic mass is 9.85. The Bertz CT molecular complexity index is 1150. The van der Waals surface area contributed by atoms with Gasteiger partial charge in [-0.05, 0) is 37.5 Å². The normalized spacial score (nSPS) is 18.1. The number of aromatic nitrogens is 3. The van der Waals surface area contributed by atoms with Crippen molar-refractivity contribution in [1.82, 2.24) is 14.8 Å². The van der Waals surface area contributed by atoms with Gasteiger partial charge in [0.2, 0.25) is 5.95 Å². The molecule has 2 aromatic carbocycles. The molecule has 0 radical (unpaired) electrons. The number of nitrogens with zero attached hydrogens (tertiary/aromatic N) is 3. The first-order valence-corrected chi connectivity index (χ1v) is 9.85. The number of fused-ring (bicyclic) bond motifs is 1. The Morgan fingerprint density at radius 3 is 2.83 bits per heavy atom. The van der Waals surface area contributed by atoms with Crippen LogP contribution in [0, 0.1) is 6.92 Å². The molecule has 1 aliphatic heterocycles. The fourth-order valence-corrected chi connectivity index (χ4v) is 4.25. The Hall–Kier alpha value is -3.41. The van der Waals surface area contributed by atoms with Gasteiger partial charge in [0, 0.05) is 17.7 Å². The maximum atomic E-state index is 12.9. The number of hydrogen-bond donors (Lipinski definition) is 1. The first kappa shape index (κ1) is 17.7. The third-order valence-electron chi connectivity index (χ3n) is 5.57. The molecule has 1 N–H and O–H groups in total. The van der Waals surface area contributed by atoms with E-state index in [-0.39, 0.29) is 11.8 Å². The number of carbonyl (C=O) groups excluding carboxylic acids is 1. The number of ketones is 1. The molecule has 29 heavy (non-hydrogen) atoms. The summed E-state index contributed by atoms with van der Waals surface area (Å²) in [5.74, 6) is 2.14. The molecule has 1 atom stereocenters. The molecule has 1 aromatic heterocycles. The average molecular weight is 386 g/mol. The molecule has 6 nitrogen and oxygen atoms in total. The van der Waals surface area contributed by atoms with E-state index in [1.807, 2.05) is 35.0 Å². The molecule has 0 saturated carbocycles. The molecule has 0 amide bonds. The largest absolute Gasteiger partial charge is 0.496 e. The molecule has 146 valence electrons. The molecule has 0 saturated heterocycles. The summed E-state index contributed by atoms with van der Waals surface area (Å²) in [5, 5.41) is 8.20. The van der Waals surface area contributed by atoms with Gasteiger partial charge in [-0.2, -0.15) is 4.98 Å². The SMILES string of the molecule is COc1ccccc1-c1nc2n(n1)C(c1cccc(C)c1)C1=C(CCCC1=O)N2. The topological polar surface area (TPSA) is 69.0 Å². The average Bonchev–Trinajstić information content (AvgIpc) is 3.16. The first-order chi connectivity index (χ1) is 14.2. The van der Waals surface area contributed by atoms with Crippen LogP contribution < -0.4 is 10.1 Å². The van der Waals surface area contributed by atoms with Crippen LogP contribution in [0.4, 0.5) is 5.95 Å². The molecule has 6 heteroatoms. The fourth-order valence-electron chi connectivity index (χ4n) is 4.25. The summed E-state index contributed by atoms with van der Waals surface area (Å²) in [4.78, 5) is 17.7. The summed E-state index contributed by atoms with van der Waals surface area (Å²) in [6.45, 7) is 2.06. The predicted molar refractivity (Wildman–Crippen MR) is 111 cm³/mol. The summed E-state index contributed by atoms with van der Waals surface area (Å²) in [6.07, 6.45) is 2.28. The number of carbonyl (C=O) groups is 1. The smallest absolute Gasteiger partial charge is 0.226 e. The number of allylic oxidation sites excluding steroid dienone is 2. The Labute approximate surface area is 169 Å². The number of ether oxygens (including phenoxy) is 1. The number of hydrogen-bond acceptors (Lipinski definition) is 5. The van der Waals surface area contributed by atoms with Crippen molar-refractivity contribution in [3.8, 4) is 17.1 Å². The summed E-state index contributed by atoms with van der Waals surface area (Å²) in [5.41, 5.74) is 4.81. The van der Waals surface area contributed by atoms with E-state index in [9.17, 15) is 4.79 Å². The molecule has 1 unspecified atom stereocenters. The Morgan fingerprint density at radius 2 is 2.00 bits per heavy atom. The van der Waals surface area contributed by atoms with E-state index in [2.05, 4.69) is 30.4 Å². The minimum Gasteiger partial charge on any atom is -0.496 e. The van der Waals surface area contributed by atoms with Gasteiger partial charge >= 0.3 is 0 Å². The van der Waals surface area contributed by atoms with Crippen molar-refractivity contribution in [2.45, 2.75) is 32.2 Å². The lowest BCUT2D eigenvalue weighted by Gasteiger charge is -2.32. The van der Waals surface area contributed by atoms with E-state index in [4.69, 9.17) is 14.8 Å². The van der Waals surface area contributed by atoms with E-state index in [0.717, 1.165) is 46.6 Å². The van der Waals surface area contributed by atoms with Gasteiger partial charge in [0.05, 0.1) is 12.7 Å². The van der Waals surface area contributed by atoms with Crippen LogP contribution in [0.25, 0.3) is 11.4 Å². The van der Waals surface area contributed by atoms with Crippen molar-refractivity contribution in [1.29, 1.82) is 0 Å². The van der Waals surface area contributed by atoms with Crippen LogP contribution in [-0.2, 0) is 4.79 Å². The molecule has 2 heterocycles. The summed E-state index contributed by atoms with van der Waals surface area (Å²) in [7, 11) is 1.64. The number of para-hydroxylation sites is 1. The zero-order valence-electron chi connectivity index (χ0n) is 16.5. The van der Waals surface area contributed by atoms with E-state index in [0.29, 0.717) is 18.2 Å². The number of aryl methyl sites for hydroxylation is 1. The highest BCUT2D eigenvalue weighted by molar-refractivity contribution is 5.99. The molecule has 1 aliphatic carbocycles. The highest BCUT2D eigenvalue weighted by atomic mass is 16.5. The third kappa shape index (κ3) is 2.92. The first-order valence-electron chi connectivity index (χ1n) is 9.85. The number of nitrogens with one attached hydrogen (secondary N) is 1. The van der Waals surface area contributed by atoms with Crippen molar-refractivity contribution in [2.75, 3.05) is 12.4 Å². The van der Waals surface area contributed by atoms with Crippen molar-refractivity contribution < 1.29 is 9.53 Å². The zero-order valence-corrected chi connectivity index (χ0v) is 16.5. The molecular formula is C23H22N4O2. The standard InChI is InChI=1S/C23H22N4O2/c1-14-7-5-8-15(13-14)21-20-17(10-6-11-18(20)28)24-23-25-22(26-27(21)23)16-9-3-4-12-19(16)29-2/h3-5,7-9,12-13,21H,6,10-11H2,1-2H3,(H,24,25,26). The van der Waals surface area contributed by atoms with Gasteiger partial charge in [-0.25, -0.2) is 4.68 Å². The van der Waals surface area contributed by atoms with Crippen LogP contribution in [0.2, 0.25) is 0 Å². The number of methoxy groups -OCH3 is 1. The van der Waals surface area contributed by atoms with Gasteiger partial charge in [-0.15, -0.1) is 5.10 Å². The van der Waals surface area contributed by atoms with E-state index >= 15 is 0 Å². The summed E-state index contributed by atoms with van der Waals surface area (Å²) in [6, 6.07) is 15.7. The van der Waals surface area contributed by atoms with Crippen LogP contribution in [0.5, 0.6) is 5.75 Å². The van der Waals surface area contributed by atoms with E-state index < -0.39 is 0 Å². The lowest BCUT2D eigenvalue weighted by Crippen LogP contribution is -2.31. The molecule has 5 rings (SSSR count). The number of benzene rings is 2. The predicted octanol–water partition coefficient (Wildman–Crippen LogP) is 4.28. The second-order valence-corrected chi connectivity index (χ2v) is 7.51. The summed E-state index contributed by atoms with van der Waals surface area (Å²) >= 11 is 0. The molecular weight excluding hydrogens is 364 g/mol. The van der Waals surface area contributed by atoms with Gasteiger partial charge < -0.3 is 10.1 Å². The van der Waals surface area contributed by atoms with Gasteiger partial charge in [0.25, 0.3) is 0 Å². The fraction of sp³-hybridized carbons (Fsp3) is 0.261. The zero-order chi connectivity index (χ0) is 20.0. The van der Waals surface area contributed by atoms with Crippen LogP contribution in [0.15, 0.2) is 59.8 Å². The highest BCUT2D eigenvalue weighted by Gasteiger charge is 2.37. The van der Waals surface area contributed by atoms with Gasteiger partial charge in [-0.1, -0.05) is 42.0 Å². The monoisotopic (exact) mass is 386 g/mol. The Balaban J connectivity index is 1.70. The highest BCUT2D eigenvalue weighted by Crippen LogP contribution is 2.41. The van der Waals surface area contributed by atoms with Gasteiger partial charge in [0.15, 0.2) is 11.6 Å². The second kappa shape index (κ2) is 6.88. The van der Waals surface area contributed by atoms with Gasteiger partial charge in [0.1, 0.15) is 11.8 Å². The Kier molecular flexibility index (Phi) is 4.19. The quantitative estimate of drug-likeness (QED) is 0.727. The Morgan fingerprint density at radius 1 is 1.14 bits per heavy atom. The minimum atomic E-state index is -0.273. The number of Topliss-reactive ketones (excluding diaryl/α,β-unsaturated/α-hetero) is 1. The van der Waals surface area contributed by atoms with Crippen molar-refractivity contribution in [3.05, 3.63) is 70.9 Å². The van der Waals surface area contributed by atoms with Crippen molar-refractivity contribution in [2.24, 2.45) is 0 Å². The lowest BCUT2D eigenvalue weighted by molar-refractivity contribution is -0.116. The van der Waals surface area contributed by atoms with E-state index in [1.165, 1.54) is 0 Å². The molecule has 0 spiro atoms. The summed E-state index contributed by atoms with van der Waals surface area (Å²) < 4.78 is 7.34. The van der Waals surface area contributed by atoms with E-state index in [1.54, 1.807) is 7.11 Å². The van der Waals surface area contributed by atoms with Crippen LogP contribution >= 0.6 is 0 Å². The minimum absolute atomic E-state index is 0.185. The number of rotatable bonds is 3. The van der Waals surface area contributed by atoms with Crippen LogP contribution in [0.1, 0.15) is 36.4 Å². The molecule has 3 aromatic rings. The van der Waals surface area contributed by atoms with Crippen molar-refractivity contribution in [3.63, 3.8) is 0 Å². The molecule has 0 bridgehead atoms. The van der Waals surface area contributed by atoms with Gasteiger partial charge in [-0.3, -0.25) is 4.79 Å². The van der Waals surface area contributed by atoms with Crippen LogP contribution in [0.3, 0.4) is 0 Å². The molecule has 2 aliphatic rings. The van der Waals surface area contributed by atoms with Crippen LogP contribution in [-0.4, -0.2) is 27.7 Å². The third-order valence-corrected chi connectivity index (χ3v) is 5.57. The number of anilines is 1. The maximum absolute atomic E-state index is 12.9. The molecule has 0 fully saturated rings. The second-order valence-electron chi connectivity index (χ2n) is 7.51.